The third-order valence-corrected chi connectivity index (χ3v) is 3.98. The van der Waals surface area contributed by atoms with Crippen LogP contribution in [0.3, 0.4) is 0 Å². The fourth-order valence-corrected chi connectivity index (χ4v) is 2.56. The normalized spacial score (nSPS) is 10.2. The molecule has 25 heavy (non-hydrogen) atoms. The Labute approximate surface area is 146 Å². The number of methoxy groups -OCH3 is 1. The molecule has 5 heteroatoms. The lowest BCUT2D eigenvalue weighted by atomic mass is 9.77. The van der Waals surface area contributed by atoms with Gasteiger partial charge in [-0.05, 0) is 28.8 Å². The first-order valence-corrected chi connectivity index (χ1v) is 7.47. The summed E-state index contributed by atoms with van der Waals surface area (Å²) in [6.45, 7) is 0. The second-order valence-electron chi connectivity index (χ2n) is 5.47. The van der Waals surface area contributed by atoms with E-state index in [4.69, 9.17) is 15.3 Å². The Morgan fingerprint density at radius 1 is 0.960 bits per heavy atom. The predicted octanol–water partition coefficient (Wildman–Crippen LogP) is 3.35. The van der Waals surface area contributed by atoms with Gasteiger partial charge in [0.05, 0.1) is 31.4 Å². The summed E-state index contributed by atoms with van der Waals surface area (Å²) >= 11 is 0. The number of hydrogen-bond donors (Lipinski definition) is 0. The fourth-order valence-electron chi connectivity index (χ4n) is 2.56. The Hall–Kier alpha value is -3.80. The zero-order valence-electron chi connectivity index (χ0n) is 13.6. The minimum atomic E-state index is -1.36. The molecule has 0 aromatic heterocycles. The van der Waals surface area contributed by atoms with Gasteiger partial charge in [0.15, 0.2) is 11.3 Å². The number of nitriles is 4. The van der Waals surface area contributed by atoms with Crippen molar-refractivity contribution in [1.82, 2.24) is 0 Å². The van der Waals surface area contributed by atoms with Crippen molar-refractivity contribution in [3.63, 3.8) is 0 Å². The molecule has 0 unspecified atom stereocenters. The van der Waals surface area contributed by atoms with E-state index in [-0.39, 0.29) is 6.42 Å². The highest BCUT2D eigenvalue weighted by atomic mass is 16.5. The molecule has 0 saturated heterocycles. The second kappa shape index (κ2) is 7.65. The quantitative estimate of drug-likeness (QED) is 0.837. The van der Waals surface area contributed by atoms with Crippen LogP contribution in [0.4, 0.5) is 0 Å². The van der Waals surface area contributed by atoms with E-state index in [2.05, 4.69) is 12.1 Å². The topological polar surface area (TPSA) is 104 Å². The predicted molar refractivity (Wildman–Crippen MR) is 90.0 cm³/mol. The van der Waals surface area contributed by atoms with Crippen LogP contribution in [0.2, 0.25) is 0 Å². The van der Waals surface area contributed by atoms with E-state index in [0.29, 0.717) is 16.9 Å². The minimum absolute atomic E-state index is 0.205. The number of hydrogen-bond acceptors (Lipinski definition) is 5. The lowest BCUT2D eigenvalue weighted by Gasteiger charge is -2.20. The van der Waals surface area contributed by atoms with Crippen LogP contribution in [0.25, 0.3) is 0 Å². The van der Waals surface area contributed by atoms with Crippen molar-refractivity contribution in [3.05, 3.63) is 65.2 Å². The van der Waals surface area contributed by atoms with Crippen molar-refractivity contribution in [3.8, 4) is 30.0 Å². The van der Waals surface area contributed by atoms with Crippen LogP contribution in [0.1, 0.15) is 22.6 Å². The fraction of sp³-hybridized carbons (Fsp3) is 0.200. The molecule has 2 aromatic rings. The molecule has 0 atom stereocenters. The van der Waals surface area contributed by atoms with Gasteiger partial charge in [0.1, 0.15) is 5.75 Å². The number of benzene rings is 2. The molecule has 0 aliphatic rings. The van der Waals surface area contributed by atoms with Crippen LogP contribution in [0.5, 0.6) is 5.75 Å². The first-order valence-electron chi connectivity index (χ1n) is 7.47. The highest BCUT2D eigenvalue weighted by Crippen LogP contribution is 2.30. The van der Waals surface area contributed by atoms with Gasteiger partial charge in [-0.2, -0.15) is 21.0 Å². The molecule has 0 N–H and O–H groups in total. The van der Waals surface area contributed by atoms with Crippen LogP contribution in [0, 0.1) is 45.3 Å². The van der Waals surface area contributed by atoms with Crippen molar-refractivity contribution in [1.29, 1.82) is 21.0 Å². The van der Waals surface area contributed by atoms with E-state index >= 15 is 0 Å². The number of rotatable bonds is 5. The van der Waals surface area contributed by atoms with Gasteiger partial charge in [-0.3, -0.25) is 0 Å². The Kier molecular flexibility index (Phi) is 5.37. The molecular weight excluding hydrogens is 312 g/mol. The van der Waals surface area contributed by atoms with Gasteiger partial charge in [-0.25, -0.2) is 0 Å². The Morgan fingerprint density at radius 3 is 2.12 bits per heavy atom. The van der Waals surface area contributed by atoms with Gasteiger partial charge in [0.25, 0.3) is 0 Å². The SMILES string of the molecule is COc1cccc(CC(C#N)(C#N)c2ccc(C(C#N)C#N)cc2)c1. The lowest BCUT2D eigenvalue weighted by Crippen LogP contribution is -2.25. The number of nitrogens with zero attached hydrogens (tertiary/aromatic N) is 4. The van der Waals surface area contributed by atoms with Gasteiger partial charge in [-0.15, -0.1) is 0 Å². The van der Waals surface area contributed by atoms with E-state index < -0.39 is 11.3 Å². The zero-order valence-corrected chi connectivity index (χ0v) is 13.6. The molecule has 0 aliphatic heterocycles. The summed E-state index contributed by atoms with van der Waals surface area (Å²) < 4.78 is 5.18. The van der Waals surface area contributed by atoms with E-state index in [1.165, 1.54) is 0 Å². The van der Waals surface area contributed by atoms with Crippen LogP contribution in [0.15, 0.2) is 48.5 Å². The van der Waals surface area contributed by atoms with Crippen molar-refractivity contribution in [2.45, 2.75) is 17.8 Å². The highest BCUT2D eigenvalue weighted by Gasteiger charge is 2.33. The summed E-state index contributed by atoms with van der Waals surface area (Å²) in [5.74, 6) is -0.213. The molecule has 120 valence electrons. The monoisotopic (exact) mass is 326 g/mol. The van der Waals surface area contributed by atoms with Crippen LogP contribution in [-0.2, 0) is 11.8 Å². The summed E-state index contributed by atoms with van der Waals surface area (Å²) in [4.78, 5) is 0. The van der Waals surface area contributed by atoms with E-state index in [1.54, 1.807) is 49.6 Å². The molecule has 0 amide bonds. The van der Waals surface area contributed by atoms with Crippen LogP contribution < -0.4 is 4.74 Å². The van der Waals surface area contributed by atoms with Crippen LogP contribution >= 0.6 is 0 Å². The Morgan fingerprint density at radius 2 is 1.60 bits per heavy atom. The van der Waals surface area contributed by atoms with Gasteiger partial charge in [-0.1, -0.05) is 36.4 Å². The third-order valence-electron chi connectivity index (χ3n) is 3.98. The summed E-state index contributed by atoms with van der Waals surface area (Å²) in [6.07, 6.45) is 0.205. The largest absolute Gasteiger partial charge is 0.497 e. The maximum atomic E-state index is 9.68. The summed E-state index contributed by atoms with van der Waals surface area (Å²) in [7, 11) is 1.56. The van der Waals surface area contributed by atoms with Crippen molar-refractivity contribution in [2.75, 3.05) is 7.11 Å². The minimum Gasteiger partial charge on any atom is -0.497 e. The van der Waals surface area contributed by atoms with Crippen LogP contribution in [-0.4, -0.2) is 7.11 Å². The number of ether oxygens (including phenoxy) is 1. The summed E-state index contributed by atoms with van der Waals surface area (Å²) in [5.41, 5.74) is 0.511. The smallest absolute Gasteiger partial charge is 0.172 e. The highest BCUT2D eigenvalue weighted by molar-refractivity contribution is 5.46. The zero-order chi connectivity index (χ0) is 18.3. The molecule has 2 aromatic carbocycles. The molecule has 0 bridgehead atoms. The molecule has 0 spiro atoms. The third kappa shape index (κ3) is 3.59. The standard InChI is InChI=1S/C20H14N4O/c1-25-19-4-2-3-15(9-19)10-20(13-23,14-24)18-7-5-16(6-8-18)17(11-21)12-22/h2-9,17H,10H2,1H3. The maximum Gasteiger partial charge on any atom is 0.172 e. The van der Waals surface area contributed by atoms with Crippen molar-refractivity contribution in [2.24, 2.45) is 0 Å². The molecule has 5 nitrogen and oxygen atoms in total. The lowest BCUT2D eigenvalue weighted by molar-refractivity contribution is 0.414. The molecule has 0 radical (unpaired) electrons. The molecule has 0 fully saturated rings. The molecule has 0 aliphatic carbocycles. The molecule has 0 heterocycles. The van der Waals surface area contributed by atoms with Crippen molar-refractivity contribution < 1.29 is 4.74 Å². The first-order chi connectivity index (χ1) is 12.1. The molecule has 2 rings (SSSR count). The molecular formula is C20H14N4O. The van der Waals surface area contributed by atoms with E-state index in [0.717, 1.165) is 5.56 Å². The average molecular weight is 326 g/mol. The Bertz CT molecular complexity index is 892. The summed E-state index contributed by atoms with van der Waals surface area (Å²) in [6, 6.07) is 21.7. The van der Waals surface area contributed by atoms with E-state index in [1.807, 2.05) is 18.2 Å². The maximum absolute atomic E-state index is 9.68. The first kappa shape index (κ1) is 17.6. The van der Waals surface area contributed by atoms with Gasteiger partial charge < -0.3 is 4.74 Å². The molecule has 0 saturated carbocycles. The summed E-state index contributed by atoms with van der Waals surface area (Å²) in [5, 5.41) is 37.3. The average Bonchev–Trinajstić information content (AvgIpc) is 2.68. The van der Waals surface area contributed by atoms with Gasteiger partial charge in [0, 0.05) is 6.42 Å². The second-order valence-corrected chi connectivity index (χ2v) is 5.47. The Balaban J connectivity index is 2.40. The van der Waals surface area contributed by atoms with Gasteiger partial charge >= 0.3 is 0 Å². The van der Waals surface area contributed by atoms with Gasteiger partial charge in [0.2, 0.25) is 0 Å². The van der Waals surface area contributed by atoms with Crippen molar-refractivity contribution >= 4 is 0 Å². The van der Waals surface area contributed by atoms with E-state index in [9.17, 15) is 10.5 Å².